The highest BCUT2D eigenvalue weighted by Crippen LogP contribution is 2.00. The van der Waals surface area contributed by atoms with Crippen LogP contribution in [-0.4, -0.2) is 14.6 Å². The summed E-state index contributed by atoms with van der Waals surface area (Å²) in [4.78, 5) is 4.10. The molecule has 2 aromatic heterocycles. The molecule has 0 atom stereocenters. The lowest BCUT2D eigenvalue weighted by Gasteiger charge is -1.90. The smallest absolute Gasteiger partial charge is 0.127 e. The van der Waals surface area contributed by atoms with Crippen LogP contribution >= 0.6 is 0 Å². The fourth-order valence-electron chi connectivity index (χ4n) is 0.966. The summed E-state index contributed by atoms with van der Waals surface area (Å²) in [5, 5.41) is 4.09. The third-order valence-corrected chi connectivity index (χ3v) is 1.47. The van der Waals surface area contributed by atoms with E-state index in [0.29, 0.717) is 0 Å². The number of hydrogen-bond acceptors (Lipinski definition) is 2. The van der Waals surface area contributed by atoms with E-state index >= 15 is 0 Å². The Morgan fingerprint density at radius 2 is 2.40 bits per heavy atom. The monoisotopic (exact) mass is 133 g/mol. The SMILES string of the molecule is Cc1ncc2cccnn12. The second kappa shape index (κ2) is 1.80. The number of aryl methyl sites for hydroxylation is 1. The molecule has 3 nitrogen and oxygen atoms in total. The molecule has 0 aliphatic rings. The Labute approximate surface area is 58.3 Å². The summed E-state index contributed by atoms with van der Waals surface area (Å²) in [5.41, 5.74) is 1.04. The van der Waals surface area contributed by atoms with Crippen LogP contribution in [0.5, 0.6) is 0 Å². The van der Waals surface area contributed by atoms with E-state index in [-0.39, 0.29) is 0 Å². The van der Waals surface area contributed by atoms with Crippen LogP contribution in [0.2, 0.25) is 0 Å². The summed E-state index contributed by atoms with van der Waals surface area (Å²) >= 11 is 0. The molecule has 10 heavy (non-hydrogen) atoms. The van der Waals surface area contributed by atoms with E-state index in [0.717, 1.165) is 11.3 Å². The molecule has 0 aliphatic carbocycles. The van der Waals surface area contributed by atoms with Gasteiger partial charge in [-0.15, -0.1) is 0 Å². The zero-order valence-corrected chi connectivity index (χ0v) is 5.65. The van der Waals surface area contributed by atoms with Crippen LogP contribution in [0, 0.1) is 6.92 Å². The van der Waals surface area contributed by atoms with E-state index in [2.05, 4.69) is 10.1 Å². The van der Waals surface area contributed by atoms with Crippen LogP contribution in [0.1, 0.15) is 5.82 Å². The van der Waals surface area contributed by atoms with E-state index in [4.69, 9.17) is 0 Å². The van der Waals surface area contributed by atoms with Crippen molar-refractivity contribution in [3.63, 3.8) is 0 Å². The molecule has 0 aliphatic heterocycles. The van der Waals surface area contributed by atoms with E-state index in [1.54, 1.807) is 10.7 Å². The molecule has 3 heteroatoms. The second-order valence-corrected chi connectivity index (χ2v) is 2.17. The van der Waals surface area contributed by atoms with Crippen LogP contribution in [0.25, 0.3) is 5.52 Å². The molecule has 2 heterocycles. The van der Waals surface area contributed by atoms with Gasteiger partial charge in [0.15, 0.2) is 0 Å². The molecule has 0 fully saturated rings. The Kier molecular flexibility index (Phi) is 0.974. The van der Waals surface area contributed by atoms with Gasteiger partial charge in [-0.25, -0.2) is 9.50 Å². The van der Waals surface area contributed by atoms with Gasteiger partial charge in [-0.05, 0) is 19.1 Å². The highest BCUT2D eigenvalue weighted by molar-refractivity contribution is 5.43. The van der Waals surface area contributed by atoms with Crippen molar-refractivity contribution in [2.45, 2.75) is 6.92 Å². The molecule has 50 valence electrons. The summed E-state index contributed by atoms with van der Waals surface area (Å²) in [6.07, 6.45) is 3.56. The number of aromatic nitrogens is 3. The third kappa shape index (κ3) is 0.603. The van der Waals surface area contributed by atoms with Crippen LogP contribution in [0.3, 0.4) is 0 Å². The number of imidazole rings is 1. The first kappa shape index (κ1) is 5.41. The molecular weight excluding hydrogens is 126 g/mol. The molecule has 0 spiro atoms. The molecule has 0 saturated heterocycles. The predicted octanol–water partition coefficient (Wildman–Crippen LogP) is 1.04. The third-order valence-electron chi connectivity index (χ3n) is 1.47. The van der Waals surface area contributed by atoms with Gasteiger partial charge < -0.3 is 0 Å². The van der Waals surface area contributed by atoms with Crippen molar-refractivity contribution in [2.24, 2.45) is 0 Å². The maximum atomic E-state index is 4.10. The molecule has 0 bridgehead atoms. The summed E-state index contributed by atoms with van der Waals surface area (Å²) in [6.45, 7) is 1.93. The lowest BCUT2D eigenvalue weighted by molar-refractivity contribution is 0.877. The highest BCUT2D eigenvalue weighted by Gasteiger charge is 1.94. The standard InChI is InChI=1S/C7H7N3/c1-6-8-5-7-3-2-4-9-10(6)7/h2-5H,1H3. The van der Waals surface area contributed by atoms with Crippen molar-refractivity contribution in [1.29, 1.82) is 0 Å². The Hall–Kier alpha value is -1.38. The Balaban J connectivity index is 2.93. The number of nitrogens with zero attached hydrogens (tertiary/aromatic N) is 3. The minimum Gasteiger partial charge on any atom is -0.239 e. The van der Waals surface area contributed by atoms with Crippen molar-refractivity contribution in [3.8, 4) is 0 Å². The summed E-state index contributed by atoms with van der Waals surface area (Å²) in [5.74, 6) is 0.926. The summed E-state index contributed by atoms with van der Waals surface area (Å²) < 4.78 is 1.81. The summed E-state index contributed by atoms with van der Waals surface area (Å²) in [7, 11) is 0. The Morgan fingerprint density at radius 3 is 3.20 bits per heavy atom. The van der Waals surface area contributed by atoms with E-state index in [9.17, 15) is 0 Å². The quantitative estimate of drug-likeness (QED) is 0.537. The molecule has 2 rings (SSSR count). The topological polar surface area (TPSA) is 30.2 Å². The highest BCUT2D eigenvalue weighted by atomic mass is 15.2. The minimum atomic E-state index is 0.926. The summed E-state index contributed by atoms with van der Waals surface area (Å²) in [6, 6.07) is 3.88. The van der Waals surface area contributed by atoms with Gasteiger partial charge >= 0.3 is 0 Å². The van der Waals surface area contributed by atoms with Gasteiger partial charge in [0.1, 0.15) is 5.82 Å². The Morgan fingerprint density at radius 1 is 1.50 bits per heavy atom. The van der Waals surface area contributed by atoms with E-state index < -0.39 is 0 Å². The Bertz CT molecular complexity index is 350. The maximum Gasteiger partial charge on any atom is 0.127 e. The average Bonchev–Trinajstić information content (AvgIpc) is 2.34. The minimum absolute atomic E-state index is 0.926. The molecule has 2 aromatic rings. The van der Waals surface area contributed by atoms with Gasteiger partial charge in [0.05, 0.1) is 11.7 Å². The number of rotatable bonds is 0. The van der Waals surface area contributed by atoms with Gasteiger partial charge in [-0.1, -0.05) is 0 Å². The molecular formula is C7H7N3. The average molecular weight is 133 g/mol. The lowest BCUT2D eigenvalue weighted by Crippen LogP contribution is -1.91. The first-order valence-electron chi connectivity index (χ1n) is 3.13. The number of hydrogen-bond donors (Lipinski definition) is 0. The van der Waals surface area contributed by atoms with Crippen LogP contribution in [0.4, 0.5) is 0 Å². The van der Waals surface area contributed by atoms with Gasteiger partial charge in [0.2, 0.25) is 0 Å². The van der Waals surface area contributed by atoms with E-state index in [1.807, 2.05) is 25.3 Å². The zero-order valence-electron chi connectivity index (χ0n) is 5.65. The first-order chi connectivity index (χ1) is 4.88. The van der Waals surface area contributed by atoms with Gasteiger partial charge in [0.25, 0.3) is 0 Å². The lowest BCUT2D eigenvalue weighted by atomic mass is 10.5. The molecule has 0 saturated carbocycles. The molecule has 0 N–H and O–H groups in total. The van der Waals surface area contributed by atoms with Gasteiger partial charge in [0, 0.05) is 6.20 Å². The zero-order chi connectivity index (χ0) is 6.97. The predicted molar refractivity (Wildman–Crippen MR) is 37.7 cm³/mol. The largest absolute Gasteiger partial charge is 0.239 e. The van der Waals surface area contributed by atoms with Crippen LogP contribution in [0.15, 0.2) is 24.5 Å². The molecule has 0 radical (unpaired) electrons. The van der Waals surface area contributed by atoms with Crippen molar-refractivity contribution in [2.75, 3.05) is 0 Å². The van der Waals surface area contributed by atoms with E-state index in [1.165, 1.54) is 0 Å². The maximum absolute atomic E-state index is 4.10. The second-order valence-electron chi connectivity index (χ2n) is 2.17. The normalized spacial score (nSPS) is 10.5. The molecule has 0 amide bonds. The van der Waals surface area contributed by atoms with Gasteiger partial charge in [-0.2, -0.15) is 5.10 Å². The van der Waals surface area contributed by atoms with Crippen LogP contribution < -0.4 is 0 Å². The first-order valence-corrected chi connectivity index (χ1v) is 3.13. The molecule has 0 unspecified atom stereocenters. The van der Waals surface area contributed by atoms with Crippen LogP contribution in [-0.2, 0) is 0 Å². The number of fused-ring (bicyclic) bond motifs is 1. The fraction of sp³-hybridized carbons (Fsp3) is 0.143. The van der Waals surface area contributed by atoms with Crippen molar-refractivity contribution in [3.05, 3.63) is 30.4 Å². The van der Waals surface area contributed by atoms with Crippen molar-refractivity contribution >= 4 is 5.52 Å². The molecule has 0 aromatic carbocycles. The van der Waals surface area contributed by atoms with Crippen molar-refractivity contribution < 1.29 is 0 Å². The van der Waals surface area contributed by atoms with Crippen molar-refractivity contribution in [1.82, 2.24) is 14.6 Å². The van der Waals surface area contributed by atoms with Gasteiger partial charge in [-0.3, -0.25) is 0 Å². The fourth-order valence-corrected chi connectivity index (χ4v) is 0.966.